The Bertz CT molecular complexity index is 1570. The van der Waals surface area contributed by atoms with Gasteiger partial charge in [-0.05, 0) is 64.6 Å². The maximum atomic E-state index is 14.2. The SMILES string of the molecule is C=C[C@@H](c1ccsc1)C(NC(=O)C1C[C@@H](O)CN1C(=O)C12C(=O)C3(C)CC4(C)CC1C432)C(=O)N(C)Cc1ccccc1C. The van der Waals surface area contributed by atoms with Gasteiger partial charge in [0, 0.05) is 43.3 Å². The van der Waals surface area contributed by atoms with Gasteiger partial charge in [-0.25, -0.2) is 0 Å². The molecule has 7 rings (SSSR count). The van der Waals surface area contributed by atoms with Crippen LogP contribution in [0.3, 0.4) is 0 Å². The molecular weight excluding hydrogens is 562 g/mol. The van der Waals surface area contributed by atoms with Gasteiger partial charge >= 0.3 is 0 Å². The summed E-state index contributed by atoms with van der Waals surface area (Å²) in [5.74, 6) is -1.53. The van der Waals surface area contributed by atoms with Gasteiger partial charge in [0.25, 0.3) is 0 Å². The smallest absolute Gasteiger partial charge is 0.246 e. The van der Waals surface area contributed by atoms with E-state index in [1.807, 2.05) is 54.9 Å². The molecule has 4 saturated carbocycles. The van der Waals surface area contributed by atoms with Crippen LogP contribution in [0.2, 0.25) is 0 Å². The number of hydrogen-bond donors (Lipinski definition) is 2. The Morgan fingerprint density at radius 1 is 1.26 bits per heavy atom. The molecule has 43 heavy (non-hydrogen) atoms. The van der Waals surface area contributed by atoms with E-state index in [0.29, 0.717) is 6.54 Å². The third-order valence-electron chi connectivity index (χ3n) is 12.0. The van der Waals surface area contributed by atoms with Crippen LogP contribution < -0.4 is 5.32 Å². The number of likely N-dealkylation sites (tertiary alicyclic amines) is 1. The van der Waals surface area contributed by atoms with E-state index >= 15 is 0 Å². The lowest BCUT2D eigenvalue weighted by Gasteiger charge is -2.72. The van der Waals surface area contributed by atoms with E-state index < -0.39 is 40.8 Å². The molecule has 0 bridgehead atoms. The van der Waals surface area contributed by atoms with Crippen molar-refractivity contribution in [3.8, 4) is 0 Å². The number of thiophene rings is 1. The summed E-state index contributed by atoms with van der Waals surface area (Å²) in [6.45, 7) is 10.5. The molecule has 1 aliphatic heterocycles. The molecular formula is C34H39N3O5S. The monoisotopic (exact) mass is 601 g/mol. The number of hydrogen-bond acceptors (Lipinski definition) is 6. The minimum absolute atomic E-state index is 0.00298. The van der Waals surface area contributed by atoms with Gasteiger partial charge in [0.1, 0.15) is 17.5 Å². The van der Waals surface area contributed by atoms with E-state index in [0.717, 1.165) is 29.5 Å². The number of carbonyl (C=O) groups is 4. The fraction of sp³-hybridized carbons (Fsp3) is 0.529. The molecule has 2 heterocycles. The second-order valence-corrected chi connectivity index (χ2v) is 14.8. The molecule has 7 unspecified atom stereocenters. The molecule has 1 saturated heterocycles. The Labute approximate surface area is 256 Å². The molecule has 226 valence electrons. The number of aryl methyl sites for hydroxylation is 1. The standard InChI is InChI=1S/C34H39N3O5S/c1-6-23(21-11-12-43-17-21)26(28(40)36(5)15-20-10-8-7-9-19(20)2)35-27(39)24-13-22(38)16-37(24)30(42)33-25-14-31(3)18-32(4,29(33)41)34(25,31)33/h6-12,17,22-26,38H,1,13-16,18H2,2-5H3,(H,35,39)/t22-,23+,24?,25?,26?,31?,32?,33?,34?/m1/s1. The van der Waals surface area contributed by atoms with E-state index in [9.17, 15) is 24.3 Å². The highest BCUT2D eigenvalue weighted by atomic mass is 32.1. The molecule has 0 radical (unpaired) electrons. The van der Waals surface area contributed by atoms with E-state index in [4.69, 9.17) is 0 Å². The lowest BCUT2D eigenvalue weighted by atomic mass is 9.29. The topological polar surface area (TPSA) is 107 Å². The number of Topliss-reactive ketones (excluding diaryl/α,β-unsaturated/α-hetero) is 1. The first-order valence-corrected chi connectivity index (χ1v) is 16.1. The Balaban J connectivity index is 1.15. The fourth-order valence-electron chi connectivity index (χ4n) is 10.5. The zero-order chi connectivity index (χ0) is 30.7. The Morgan fingerprint density at radius 3 is 2.63 bits per heavy atom. The zero-order valence-electron chi connectivity index (χ0n) is 25.1. The van der Waals surface area contributed by atoms with Crippen LogP contribution in [-0.2, 0) is 25.7 Å². The number of carbonyl (C=O) groups excluding carboxylic acids is 4. The lowest BCUT2D eigenvalue weighted by molar-refractivity contribution is -0.242. The van der Waals surface area contributed by atoms with Gasteiger partial charge in [0.05, 0.1) is 6.10 Å². The number of fused-ring (bicyclic) bond motifs is 1. The molecule has 1 spiro atoms. The van der Waals surface area contributed by atoms with Crippen LogP contribution in [0, 0.1) is 34.5 Å². The van der Waals surface area contributed by atoms with E-state index in [1.54, 1.807) is 18.0 Å². The van der Waals surface area contributed by atoms with Crippen molar-refractivity contribution >= 4 is 34.8 Å². The number of aliphatic hydroxyl groups is 1. The summed E-state index contributed by atoms with van der Waals surface area (Å²) in [5.41, 5.74) is 1.17. The summed E-state index contributed by atoms with van der Waals surface area (Å²) in [6, 6.07) is 7.83. The summed E-state index contributed by atoms with van der Waals surface area (Å²) in [7, 11) is 1.72. The van der Waals surface area contributed by atoms with Gasteiger partial charge in [0.15, 0.2) is 5.78 Å². The minimum atomic E-state index is -1.04. The number of amides is 3. The van der Waals surface area contributed by atoms with Gasteiger partial charge in [-0.3, -0.25) is 19.2 Å². The van der Waals surface area contributed by atoms with Crippen LogP contribution in [0.15, 0.2) is 53.7 Å². The number of nitrogens with zero attached hydrogens (tertiary/aromatic N) is 2. The van der Waals surface area contributed by atoms with E-state index in [2.05, 4.69) is 18.8 Å². The van der Waals surface area contributed by atoms with Crippen molar-refractivity contribution in [2.75, 3.05) is 13.6 Å². The van der Waals surface area contributed by atoms with Crippen LogP contribution in [0.25, 0.3) is 0 Å². The molecule has 2 N–H and O–H groups in total. The third kappa shape index (κ3) is 3.25. The van der Waals surface area contributed by atoms with Crippen LogP contribution in [0.5, 0.6) is 0 Å². The molecule has 5 aliphatic rings. The summed E-state index contributed by atoms with van der Waals surface area (Å²) < 4.78 is 0. The predicted molar refractivity (Wildman–Crippen MR) is 162 cm³/mol. The molecule has 8 nitrogen and oxygen atoms in total. The molecule has 1 aromatic carbocycles. The summed E-state index contributed by atoms with van der Waals surface area (Å²) >= 11 is 1.50. The highest BCUT2D eigenvalue weighted by molar-refractivity contribution is 7.08. The number of likely N-dealkylation sites (N-methyl/N-ethyl adjacent to an activating group) is 1. The molecule has 9 heteroatoms. The molecule has 4 aliphatic carbocycles. The fourth-order valence-corrected chi connectivity index (χ4v) is 11.2. The first kappa shape index (κ1) is 28.5. The maximum Gasteiger partial charge on any atom is 0.246 e. The number of β-amino-alcohol motifs (C(OH)–C–C–N with tert-alkyl or cyclic N) is 1. The highest BCUT2D eigenvalue weighted by Gasteiger charge is 3.12. The summed E-state index contributed by atoms with van der Waals surface area (Å²) in [4.78, 5) is 58.9. The van der Waals surface area contributed by atoms with Crippen molar-refractivity contribution in [1.29, 1.82) is 0 Å². The second-order valence-electron chi connectivity index (χ2n) is 14.1. The van der Waals surface area contributed by atoms with Crippen molar-refractivity contribution in [1.82, 2.24) is 15.1 Å². The number of rotatable bonds is 9. The van der Waals surface area contributed by atoms with Crippen molar-refractivity contribution in [2.45, 2.75) is 70.7 Å². The molecule has 1 aromatic heterocycles. The van der Waals surface area contributed by atoms with Crippen LogP contribution in [0.1, 0.15) is 55.7 Å². The van der Waals surface area contributed by atoms with Crippen molar-refractivity contribution in [2.24, 2.45) is 27.6 Å². The molecule has 5 fully saturated rings. The van der Waals surface area contributed by atoms with Gasteiger partial charge < -0.3 is 20.2 Å². The maximum absolute atomic E-state index is 14.2. The molecule has 2 aromatic rings. The average molecular weight is 602 g/mol. The highest BCUT2D eigenvalue weighted by Crippen LogP contribution is 3.07. The lowest BCUT2D eigenvalue weighted by Crippen LogP contribution is -2.75. The summed E-state index contributed by atoms with van der Waals surface area (Å²) in [5, 5.41) is 17.5. The predicted octanol–water partition coefficient (Wildman–Crippen LogP) is 3.44. The Hall–Kier alpha value is -3.30. The first-order chi connectivity index (χ1) is 20.4. The number of aliphatic hydroxyl groups excluding tert-OH is 1. The zero-order valence-corrected chi connectivity index (χ0v) is 25.9. The van der Waals surface area contributed by atoms with Crippen molar-refractivity contribution < 1.29 is 24.3 Å². The summed E-state index contributed by atoms with van der Waals surface area (Å²) in [6.07, 6.45) is 2.53. The number of ketones is 1. The van der Waals surface area contributed by atoms with Crippen molar-refractivity contribution in [3.05, 3.63) is 70.4 Å². The average Bonchev–Trinajstić information content (AvgIpc) is 3.29. The quantitative estimate of drug-likeness (QED) is 0.338. The van der Waals surface area contributed by atoms with E-state index in [-0.39, 0.29) is 47.3 Å². The first-order valence-electron chi connectivity index (χ1n) is 15.2. The van der Waals surface area contributed by atoms with Gasteiger partial charge in [0.2, 0.25) is 17.7 Å². The van der Waals surface area contributed by atoms with Gasteiger partial charge in [-0.15, -0.1) is 6.58 Å². The Morgan fingerprint density at radius 2 is 2.00 bits per heavy atom. The van der Waals surface area contributed by atoms with Crippen LogP contribution in [-0.4, -0.2) is 70.2 Å². The minimum Gasteiger partial charge on any atom is -0.391 e. The largest absolute Gasteiger partial charge is 0.391 e. The third-order valence-corrected chi connectivity index (χ3v) is 12.7. The van der Waals surface area contributed by atoms with Crippen LogP contribution in [0.4, 0.5) is 0 Å². The number of nitrogens with one attached hydrogen (secondary N) is 1. The second kappa shape index (κ2) is 9.11. The van der Waals surface area contributed by atoms with Crippen LogP contribution >= 0.6 is 11.3 Å². The van der Waals surface area contributed by atoms with Crippen molar-refractivity contribution in [3.63, 3.8) is 0 Å². The molecule has 3 amide bonds. The van der Waals surface area contributed by atoms with E-state index in [1.165, 1.54) is 16.2 Å². The van der Waals surface area contributed by atoms with Gasteiger partial charge in [-0.2, -0.15) is 11.3 Å². The Kier molecular flexibility index (Phi) is 6.03. The molecule has 9 atom stereocenters. The number of benzene rings is 1. The van der Waals surface area contributed by atoms with Gasteiger partial charge in [-0.1, -0.05) is 44.2 Å². The normalized spacial score (nSPS) is 37.5.